The first kappa shape index (κ1) is 12.0. The van der Waals surface area contributed by atoms with Crippen LogP contribution in [0.4, 0.5) is 11.4 Å². The summed E-state index contributed by atoms with van der Waals surface area (Å²) in [5, 5.41) is 21.5. The third kappa shape index (κ3) is 2.70. The molecule has 1 rings (SSSR count). The lowest BCUT2D eigenvalue weighted by molar-refractivity contribution is -0.384. The van der Waals surface area contributed by atoms with E-state index in [1.807, 2.05) is 0 Å². The van der Waals surface area contributed by atoms with Gasteiger partial charge in [0.25, 0.3) is 0 Å². The second kappa shape index (κ2) is 5.12. The molecular weight excluding hydrogens is 215 g/mol. The number of nitro groups is 1. The highest BCUT2D eigenvalue weighted by Crippen LogP contribution is 2.34. The molecule has 1 amide bonds. The second-order valence-corrected chi connectivity index (χ2v) is 2.81. The number of nitro benzene ring substituents is 1. The minimum atomic E-state index is -0.704. The summed E-state index contributed by atoms with van der Waals surface area (Å²) >= 11 is 0. The van der Waals surface area contributed by atoms with Gasteiger partial charge in [-0.1, -0.05) is 6.07 Å². The van der Waals surface area contributed by atoms with E-state index >= 15 is 0 Å². The van der Waals surface area contributed by atoms with E-state index in [2.05, 4.69) is 9.97 Å². The third-order valence-electron chi connectivity index (χ3n) is 1.67. The molecule has 0 bridgehead atoms. The molecule has 83 valence electrons. The Morgan fingerprint density at radius 1 is 1.62 bits per heavy atom. The number of hydrogen-bond acceptors (Lipinski definition) is 5. The highest BCUT2D eigenvalue weighted by Gasteiger charge is 2.21. The van der Waals surface area contributed by atoms with Crippen LogP contribution in [-0.4, -0.2) is 23.5 Å². The van der Waals surface area contributed by atoms with Crippen molar-refractivity contribution < 1.29 is 19.4 Å². The Kier molecular flexibility index (Phi) is 3.84. The maximum absolute atomic E-state index is 10.8. The zero-order valence-corrected chi connectivity index (χ0v) is 8.34. The molecule has 0 saturated heterocycles. The van der Waals surface area contributed by atoms with Crippen LogP contribution in [0.15, 0.2) is 18.2 Å². The number of carbonyl (C=O) groups excluding carboxylic acids is 1. The Morgan fingerprint density at radius 2 is 2.31 bits per heavy atom. The molecule has 2 N–H and O–H groups in total. The third-order valence-corrected chi connectivity index (χ3v) is 1.67. The lowest BCUT2D eigenvalue weighted by Crippen LogP contribution is -2.10. The normalized spacial score (nSPS) is 9.38. The van der Waals surface area contributed by atoms with E-state index in [1.165, 1.54) is 25.1 Å². The number of nitrogens with one attached hydrogen (secondary N) is 1. The number of para-hydroxylation sites is 1. The van der Waals surface area contributed by atoms with Gasteiger partial charge in [0.1, 0.15) is 5.69 Å². The number of anilines is 1. The quantitative estimate of drug-likeness (QED) is 0.438. The largest absolute Gasteiger partial charge is 0.569 e. The number of amides is 1. The fourth-order valence-electron chi connectivity index (χ4n) is 1.15. The van der Waals surface area contributed by atoms with Crippen LogP contribution in [0.1, 0.15) is 6.92 Å². The summed E-state index contributed by atoms with van der Waals surface area (Å²) in [7, 11) is 0.333. The Hall–Kier alpha value is -2.09. The molecule has 0 unspecified atom stereocenters. The van der Waals surface area contributed by atoms with E-state index in [9.17, 15) is 14.9 Å². The average Bonchev–Trinajstić information content (AvgIpc) is 2.16. The summed E-state index contributed by atoms with van der Waals surface area (Å²) in [6, 6.07) is 4.12. The van der Waals surface area contributed by atoms with Gasteiger partial charge in [-0.25, -0.2) is 0 Å². The topological polar surface area (TPSA) is 102 Å². The van der Waals surface area contributed by atoms with Gasteiger partial charge in [0.2, 0.25) is 5.91 Å². The fourth-order valence-corrected chi connectivity index (χ4v) is 1.15. The summed E-state index contributed by atoms with van der Waals surface area (Å²) in [4.78, 5) is 20.9. The number of carbonyl (C=O) groups is 1. The Bertz CT molecular complexity index is 423. The highest BCUT2D eigenvalue weighted by atomic mass is 16.6. The van der Waals surface area contributed by atoms with Gasteiger partial charge >= 0.3 is 13.4 Å². The van der Waals surface area contributed by atoms with E-state index < -0.39 is 16.5 Å². The molecule has 0 fully saturated rings. The van der Waals surface area contributed by atoms with Gasteiger partial charge in [-0.3, -0.25) is 14.9 Å². The first-order valence-electron chi connectivity index (χ1n) is 4.23. The Labute approximate surface area is 91.5 Å². The molecule has 0 aliphatic heterocycles. The van der Waals surface area contributed by atoms with Crippen molar-refractivity contribution in [3.8, 4) is 5.75 Å². The van der Waals surface area contributed by atoms with Gasteiger partial charge in [0.15, 0.2) is 5.75 Å². The molecule has 0 saturated carbocycles. The van der Waals surface area contributed by atoms with E-state index in [-0.39, 0.29) is 11.4 Å². The van der Waals surface area contributed by atoms with Gasteiger partial charge in [0, 0.05) is 6.92 Å². The highest BCUT2D eigenvalue weighted by molar-refractivity contribution is 6.17. The Morgan fingerprint density at radius 3 is 2.81 bits per heavy atom. The predicted molar refractivity (Wildman–Crippen MR) is 56.0 cm³/mol. The maximum atomic E-state index is 10.8. The van der Waals surface area contributed by atoms with Crippen molar-refractivity contribution in [3.63, 3.8) is 0 Å². The molecule has 7 nitrogen and oxygen atoms in total. The molecule has 0 aliphatic carbocycles. The van der Waals surface area contributed by atoms with E-state index in [0.717, 1.165) is 0 Å². The van der Waals surface area contributed by atoms with Crippen LogP contribution in [-0.2, 0) is 4.79 Å². The first-order chi connectivity index (χ1) is 7.56. The van der Waals surface area contributed by atoms with E-state index in [0.29, 0.717) is 7.69 Å². The minimum Gasteiger partial charge on any atom is -0.533 e. The number of benzene rings is 1. The molecule has 1 aromatic rings. The van der Waals surface area contributed by atoms with E-state index in [4.69, 9.17) is 5.02 Å². The van der Waals surface area contributed by atoms with Gasteiger partial charge in [-0.15, -0.1) is 0 Å². The first-order valence-corrected chi connectivity index (χ1v) is 4.23. The molecule has 0 aromatic heterocycles. The van der Waals surface area contributed by atoms with E-state index in [1.54, 1.807) is 0 Å². The summed E-state index contributed by atoms with van der Waals surface area (Å²) in [6.45, 7) is 1.23. The molecule has 0 aliphatic rings. The molecule has 1 aromatic carbocycles. The van der Waals surface area contributed by atoms with Crippen molar-refractivity contribution in [2.75, 3.05) is 5.32 Å². The fraction of sp³-hybridized carbons (Fsp3) is 0.125. The molecule has 0 atom stereocenters. The molecule has 0 spiro atoms. The standard InChI is InChI=1S/C8H8BN2O5/c1-5(12)10-6-3-2-4-7(16-9-13)8(6)11(14)15/h2-4,13H,1H3,(H,10,12). The summed E-state index contributed by atoms with van der Waals surface area (Å²) in [5.74, 6) is -0.591. The monoisotopic (exact) mass is 223 g/mol. The molecule has 1 radical (unpaired) electrons. The van der Waals surface area contributed by atoms with Crippen molar-refractivity contribution >= 4 is 25.0 Å². The lowest BCUT2D eigenvalue weighted by atomic mass is 10.2. The molecule has 8 heteroatoms. The number of nitrogens with zero attached hydrogens (tertiary/aromatic N) is 1. The average molecular weight is 223 g/mol. The Balaban J connectivity index is 3.21. The van der Waals surface area contributed by atoms with Crippen LogP contribution >= 0.6 is 0 Å². The molecule has 16 heavy (non-hydrogen) atoms. The number of hydrogen-bond donors (Lipinski definition) is 2. The van der Waals surface area contributed by atoms with Crippen LogP contribution in [0.25, 0.3) is 0 Å². The zero-order chi connectivity index (χ0) is 12.1. The minimum absolute atomic E-state index is 0.0110. The summed E-state index contributed by atoms with van der Waals surface area (Å²) in [6.07, 6.45) is 0. The maximum Gasteiger partial charge on any atom is 0.569 e. The van der Waals surface area contributed by atoms with Gasteiger partial charge in [-0.05, 0) is 12.1 Å². The predicted octanol–water partition coefficient (Wildman–Crippen LogP) is 0.458. The summed E-state index contributed by atoms with van der Waals surface area (Å²) in [5.41, 5.74) is -0.403. The second-order valence-electron chi connectivity index (χ2n) is 2.81. The lowest BCUT2D eigenvalue weighted by Gasteiger charge is -2.07. The van der Waals surface area contributed by atoms with Crippen molar-refractivity contribution in [2.24, 2.45) is 0 Å². The van der Waals surface area contributed by atoms with Crippen LogP contribution < -0.4 is 9.97 Å². The van der Waals surface area contributed by atoms with Gasteiger partial charge < -0.3 is 15.0 Å². The van der Waals surface area contributed by atoms with Crippen molar-refractivity contribution in [3.05, 3.63) is 28.3 Å². The van der Waals surface area contributed by atoms with Crippen molar-refractivity contribution in [1.29, 1.82) is 0 Å². The van der Waals surface area contributed by atoms with Crippen LogP contribution in [0, 0.1) is 10.1 Å². The van der Waals surface area contributed by atoms with Crippen LogP contribution in [0.3, 0.4) is 0 Å². The van der Waals surface area contributed by atoms with Gasteiger partial charge in [0.05, 0.1) is 4.92 Å². The molecule has 0 heterocycles. The van der Waals surface area contributed by atoms with Gasteiger partial charge in [-0.2, -0.15) is 0 Å². The van der Waals surface area contributed by atoms with Crippen molar-refractivity contribution in [2.45, 2.75) is 6.92 Å². The smallest absolute Gasteiger partial charge is 0.533 e. The summed E-state index contributed by atoms with van der Waals surface area (Å²) < 4.78 is 4.56. The van der Waals surface area contributed by atoms with Crippen LogP contribution in [0.5, 0.6) is 5.75 Å². The van der Waals surface area contributed by atoms with Crippen LogP contribution in [0.2, 0.25) is 0 Å². The SMILES string of the molecule is CC(=O)Nc1cccc(O[B]O)c1[N+](=O)[O-]. The zero-order valence-electron chi connectivity index (χ0n) is 8.34. The number of rotatable bonds is 4. The van der Waals surface area contributed by atoms with Crippen molar-refractivity contribution in [1.82, 2.24) is 0 Å². The molecular formula is C8H8BN2O5.